The van der Waals surface area contributed by atoms with Crippen LogP contribution in [0.4, 0.5) is 0 Å². The first-order chi connectivity index (χ1) is 2.00. The molecule has 0 radical (unpaired) electrons. The van der Waals surface area contributed by atoms with Crippen molar-refractivity contribution >= 4 is 10.1 Å². The first-order valence-corrected chi connectivity index (χ1v) is 2.77. The summed E-state index contributed by atoms with van der Waals surface area (Å²) in [7, 11) is -3.67. The Labute approximate surface area is 79.3 Å². The van der Waals surface area contributed by atoms with E-state index in [9.17, 15) is 8.42 Å². The Morgan fingerprint density at radius 1 is 1.50 bits per heavy atom. The second kappa shape index (κ2) is 3.54. The average Bonchev–Trinajstić information content (AvgIpc) is 0.722. The van der Waals surface area contributed by atoms with Crippen molar-refractivity contribution in [3.05, 3.63) is 0 Å². The zero-order valence-electron chi connectivity index (χ0n) is 3.67. The quantitative estimate of drug-likeness (QED) is 0.277. The first kappa shape index (κ1) is 10.5. The van der Waals surface area contributed by atoms with Crippen molar-refractivity contribution in [3.63, 3.8) is 0 Å². The SMILES string of the molecule is CS(=O)(=O)O.[K+]. The van der Waals surface area contributed by atoms with Crippen molar-refractivity contribution in [2.24, 2.45) is 0 Å². The summed E-state index contributed by atoms with van der Waals surface area (Å²) in [6.45, 7) is 0. The van der Waals surface area contributed by atoms with Gasteiger partial charge in [0.2, 0.25) is 0 Å². The largest absolute Gasteiger partial charge is 1.00 e. The van der Waals surface area contributed by atoms with Gasteiger partial charge in [-0.25, -0.2) is 0 Å². The Morgan fingerprint density at radius 3 is 1.50 bits per heavy atom. The van der Waals surface area contributed by atoms with E-state index in [1.165, 1.54) is 0 Å². The van der Waals surface area contributed by atoms with Gasteiger partial charge < -0.3 is 0 Å². The standard InChI is InChI=1S/CH4O3S.K/c1-5(2,3)4;/h1H3,(H,2,3,4);/q;+1. The molecule has 0 saturated carbocycles. The minimum absolute atomic E-state index is 0. The van der Waals surface area contributed by atoms with Gasteiger partial charge in [-0.15, -0.1) is 0 Å². The van der Waals surface area contributed by atoms with Crippen LogP contribution in [-0.4, -0.2) is 19.2 Å². The third-order valence-electron chi connectivity index (χ3n) is 0. The molecule has 0 bridgehead atoms. The molecule has 0 aromatic rings. The van der Waals surface area contributed by atoms with Gasteiger partial charge in [-0.05, 0) is 0 Å². The molecule has 1 N–H and O–H groups in total. The second-order valence-corrected chi connectivity index (χ2v) is 2.20. The third-order valence-corrected chi connectivity index (χ3v) is 0. The molecular weight excluding hydrogens is 131 g/mol. The molecule has 0 atom stereocenters. The van der Waals surface area contributed by atoms with Gasteiger partial charge in [-0.1, -0.05) is 0 Å². The van der Waals surface area contributed by atoms with Crippen molar-refractivity contribution in [3.8, 4) is 0 Å². The Bertz CT molecular complexity index is 94.0. The molecule has 0 amide bonds. The van der Waals surface area contributed by atoms with E-state index < -0.39 is 10.1 Å². The monoisotopic (exact) mass is 135 g/mol. The summed E-state index contributed by atoms with van der Waals surface area (Å²) >= 11 is 0. The van der Waals surface area contributed by atoms with Gasteiger partial charge in [-0.2, -0.15) is 8.42 Å². The van der Waals surface area contributed by atoms with Gasteiger partial charge in [0, 0.05) is 0 Å². The van der Waals surface area contributed by atoms with Crippen molar-refractivity contribution in [1.29, 1.82) is 0 Å². The summed E-state index contributed by atoms with van der Waals surface area (Å²) in [5.41, 5.74) is 0. The molecule has 0 spiro atoms. The van der Waals surface area contributed by atoms with Crippen molar-refractivity contribution in [2.75, 3.05) is 6.26 Å². The molecule has 0 heterocycles. The van der Waals surface area contributed by atoms with E-state index in [2.05, 4.69) is 0 Å². The molecule has 3 nitrogen and oxygen atoms in total. The molecule has 0 aliphatic heterocycles. The van der Waals surface area contributed by atoms with E-state index in [4.69, 9.17) is 4.55 Å². The van der Waals surface area contributed by atoms with Crippen molar-refractivity contribution in [2.45, 2.75) is 0 Å². The van der Waals surface area contributed by atoms with Crippen LogP contribution in [0.5, 0.6) is 0 Å². The predicted molar refractivity (Wildman–Crippen MR) is 17.5 cm³/mol. The maximum absolute atomic E-state index is 9.19. The molecule has 0 saturated heterocycles. The fourth-order valence-corrected chi connectivity index (χ4v) is 0. The fraction of sp³-hybridized carbons (Fsp3) is 1.00. The Hall–Kier alpha value is 1.55. The molecule has 6 heavy (non-hydrogen) atoms. The molecule has 0 aliphatic rings. The molecule has 0 aromatic heterocycles. The van der Waals surface area contributed by atoms with E-state index in [0.717, 1.165) is 0 Å². The summed E-state index contributed by atoms with van der Waals surface area (Å²) in [4.78, 5) is 0. The van der Waals surface area contributed by atoms with Gasteiger partial charge in [0.15, 0.2) is 0 Å². The summed E-state index contributed by atoms with van der Waals surface area (Å²) < 4.78 is 25.9. The van der Waals surface area contributed by atoms with Crippen LogP contribution in [-0.2, 0) is 10.1 Å². The number of hydrogen-bond acceptors (Lipinski definition) is 2. The molecule has 0 rings (SSSR count). The summed E-state index contributed by atoms with van der Waals surface area (Å²) in [6.07, 6.45) is 0.715. The van der Waals surface area contributed by atoms with Gasteiger partial charge in [0.05, 0.1) is 6.26 Å². The Balaban J connectivity index is 0. The molecular formula is CH4KO3S+. The zero-order valence-corrected chi connectivity index (χ0v) is 7.61. The molecule has 0 aliphatic carbocycles. The van der Waals surface area contributed by atoms with Crippen molar-refractivity contribution < 1.29 is 64.4 Å². The van der Waals surface area contributed by atoms with Gasteiger partial charge in [-0.3, -0.25) is 4.55 Å². The predicted octanol–water partition coefficient (Wildman–Crippen LogP) is -3.49. The second-order valence-electron chi connectivity index (χ2n) is 0.733. The van der Waals surface area contributed by atoms with Crippen molar-refractivity contribution in [1.82, 2.24) is 0 Å². The van der Waals surface area contributed by atoms with Crippen LogP contribution < -0.4 is 51.4 Å². The van der Waals surface area contributed by atoms with Gasteiger partial charge >= 0.3 is 51.4 Å². The van der Waals surface area contributed by atoms with Crippen LogP contribution in [0, 0.1) is 0 Å². The van der Waals surface area contributed by atoms with Crippen LogP contribution in [0.2, 0.25) is 0 Å². The number of rotatable bonds is 0. The van der Waals surface area contributed by atoms with Crippen LogP contribution in [0.25, 0.3) is 0 Å². The zero-order chi connectivity index (χ0) is 4.50. The molecule has 0 aromatic carbocycles. The topological polar surface area (TPSA) is 54.4 Å². The van der Waals surface area contributed by atoms with Gasteiger partial charge in [0.25, 0.3) is 10.1 Å². The average molecular weight is 135 g/mol. The van der Waals surface area contributed by atoms with Crippen LogP contribution in [0.1, 0.15) is 0 Å². The summed E-state index contributed by atoms with van der Waals surface area (Å²) in [5, 5.41) is 0. The van der Waals surface area contributed by atoms with E-state index in [-0.39, 0.29) is 51.4 Å². The molecule has 0 fully saturated rings. The normalized spacial score (nSPS) is 9.67. The minimum Gasteiger partial charge on any atom is -0.286 e. The van der Waals surface area contributed by atoms with Crippen LogP contribution >= 0.6 is 0 Å². The van der Waals surface area contributed by atoms with E-state index >= 15 is 0 Å². The molecule has 32 valence electrons. The Kier molecular flexibility index (Phi) is 6.20. The minimum atomic E-state index is -3.67. The fourth-order valence-electron chi connectivity index (χ4n) is 0. The molecule has 5 heteroatoms. The molecule has 0 unspecified atom stereocenters. The van der Waals surface area contributed by atoms with E-state index in [0.29, 0.717) is 6.26 Å². The van der Waals surface area contributed by atoms with Crippen LogP contribution in [0.3, 0.4) is 0 Å². The van der Waals surface area contributed by atoms with Crippen LogP contribution in [0.15, 0.2) is 0 Å². The van der Waals surface area contributed by atoms with E-state index in [1.807, 2.05) is 0 Å². The smallest absolute Gasteiger partial charge is 0.286 e. The third kappa shape index (κ3) is 47.9. The summed E-state index contributed by atoms with van der Waals surface area (Å²) in [5.74, 6) is 0. The maximum Gasteiger partial charge on any atom is 1.00 e. The van der Waals surface area contributed by atoms with Gasteiger partial charge in [0.1, 0.15) is 0 Å². The summed E-state index contributed by atoms with van der Waals surface area (Å²) in [6, 6.07) is 0. The maximum atomic E-state index is 9.19. The number of hydrogen-bond donors (Lipinski definition) is 1. The Morgan fingerprint density at radius 2 is 1.50 bits per heavy atom. The first-order valence-electron chi connectivity index (χ1n) is 0.924. The van der Waals surface area contributed by atoms with E-state index in [1.54, 1.807) is 0 Å².